The molecule has 3 aliphatic rings. The van der Waals surface area contributed by atoms with Crippen molar-refractivity contribution in [2.75, 3.05) is 14.7 Å². The Morgan fingerprint density at radius 3 is 1.88 bits per heavy atom. The predicted octanol–water partition coefficient (Wildman–Crippen LogP) is 12.3. The normalized spacial score (nSPS) is 14.8. The van der Waals surface area contributed by atoms with E-state index in [0.717, 1.165) is 40.4 Å². The van der Waals surface area contributed by atoms with Gasteiger partial charge in [-0.2, -0.15) is 0 Å². The molecule has 6 aromatic rings. The van der Waals surface area contributed by atoms with Crippen LogP contribution in [-0.2, 0) is 0 Å². The fourth-order valence-corrected chi connectivity index (χ4v) is 7.36. The van der Waals surface area contributed by atoms with Crippen LogP contribution >= 0.6 is 0 Å². The van der Waals surface area contributed by atoms with E-state index in [4.69, 9.17) is 0 Å². The molecule has 2 aliphatic heterocycles. The number of para-hydroxylation sites is 3. The molecule has 0 fully saturated rings. The maximum absolute atomic E-state index is 4.34. The molecule has 48 heavy (non-hydrogen) atoms. The van der Waals surface area contributed by atoms with Gasteiger partial charge in [-0.05, 0) is 101 Å². The highest BCUT2D eigenvalue weighted by Gasteiger charge is 2.35. The van der Waals surface area contributed by atoms with Crippen molar-refractivity contribution in [3.63, 3.8) is 0 Å². The molecule has 2 heterocycles. The van der Waals surface area contributed by atoms with Crippen LogP contribution in [0.2, 0.25) is 0 Å². The van der Waals surface area contributed by atoms with Gasteiger partial charge < -0.3 is 14.7 Å². The zero-order chi connectivity index (χ0) is 32.0. The van der Waals surface area contributed by atoms with E-state index in [1.165, 1.54) is 44.7 Å². The Morgan fingerprint density at radius 1 is 0.521 bits per heavy atom. The second-order valence-electron chi connectivity index (χ2n) is 12.3. The highest BCUT2D eigenvalue weighted by Crippen LogP contribution is 2.55. The van der Waals surface area contributed by atoms with Crippen LogP contribution in [0.25, 0.3) is 16.3 Å². The Labute approximate surface area is 281 Å². The Kier molecular flexibility index (Phi) is 6.69. The number of fused-ring (bicyclic) bond motifs is 1. The van der Waals surface area contributed by atoms with E-state index in [1.54, 1.807) is 0 Å². The topological polar surface area (TPSA) is 9.72 Å². The van der Waals surface area contributed by atoms with Crippen LogP contribution in [0.5, 0.6) is 0 Å². The van der Waals surface area contributed by atoms with Gasteiger partial charge in [0.05, 0.1) is 17.1 Å². The lowest BCUT2D eigenvalue weighted by Crippen LogP contribution is -2.28. The molecule has 9 rings (SSSR count). The quantitative estimate of drug-likeness (QED) is 0.191. The Morgan fingerprint density at radius 2 is 1.17 bits per heavy atom. The first-order valence-corrected chi connectivity index (χ1v) is 16.4. The van der Waals surface area contributed by atoms with Gasteiger partial charge in [0.15, 0.2) is 0 Å². The molecule has 6 aromatic carbocycles. The van der Waals surface area contributed by atoms with Crippen molar-refractivity contribution in [3.05, 3.63) is 205 Å². The zero-order valence-electron chi connectivity index (χ0n) is 26.5. The van der Waals surface area contributed by atoms with E-state index in [-0.39, 0.29) is 0 Å². The minimum absolute atomic E-state index is 0.794. The lowest BCUT2D eigenvalue weighted by atomic mass is 9.83. The summed E-state index contributed by atoms with van der Waals surface area (Å²) in [5.74, 6) is 0. The molecular formula is C45H33N3. The summed E-state index contributed by atoms with van der Waals surface area (Å²) < 4.78 is 0. The maximum atomic E-state index is 4.34. The van der Waals surface area contributed by atoms with Gasteiger partial charge in [0.1, 0.15) is 0 Å². The minimum atomic E-state index is 0.794. The molecule has 0 saturated carbocycles. The van der Waals surface area contributed by atoms with Crippen molar-refractivity contribution < 1.29 is 0 Å². The maximum Gasteiger partial charge on any atom is 0.0547 e. The van der Waals surface area contributed by atoms with Crippen LogP contribution < -0.4 is 14.7 Å². The first kappa shape index (κ1) is 27.9. The van der Waals surface area contributed by atoms with Gasteiger partial charge in [0.25, 0.3) is 0 Å². The van der Waals surface area contributed by atoms with E-state index >= 15 is 0 Å². The highest BCUT2D eigenvalue weighted by atomic mass is 15.2. The van der Waals surface area contributed by atoms with E-state index in [2.05, 4.69) is 197 Å². The highest BCUT2D eigenvalue weighted by molar-refractivity contribution is 6.14. The fraction of sp³-hybridized carbons (Fsp3) is 0.0222. The summed E-state index contributed by atoms with van der Waals surface area (Å²) in [6.45, 7) is 4.34. The zero-order valence-corrected chi connectivity index (χ0v) is 26.5. The summed E-state index contributed by atoms with van der Waals surface area (Å²) in [4.78, 5) is 7.18. The lowest BCUT2D eigenvalue weighted by Gasteiger charge is -2.42. The third-order valence-electron chi connectivity index (χ3n) is 9.44. The smallest absolute Gasteiger partial charge is 0.0547 e. The van der Waals surface area contributed by atoms with Crippen molar-refractivity contribution >= 4 is 56.2 Å². The van der Waals surface area contributed by atoms with E-state index in [9.17, 15) is 0 Å². The summed E-state index contributed by atoms with van der Waals surface area (Å²) in [5, 5.41) is 2.53. The van der Waals surface area contributed by atoms with Gasteiger partial charge in [-0.15, -0.1) is 0 Å². The van der Waals surface area contributed by atoms with Crippen LogP contribution in [-0.4, -0.2) is 0 Å². The van der Waals surface area contributed by atoms with Crippen molar-refractivity contribution in [1.29, 1.82) is 0 Å². The molecule has 3 nitrogen and oxygen atoms in total. The Balaban J connectivity index is 1.25. The number of anilines is 7. The summed E-state index contributed by atoms with van der Waals surface area (Å²) in [6.07, 6.45) is 11.7. The van der Waals surface area contributed by atoms with Gasteiger partial charge in [-0.25, -0.2) is 0 Å². The number of rotatable bonds is 5. The number of hydrogen-bond donors (Lipinski definition) is 0. The molecule has 0 spiro atoms. The predicted molar refractivity (Wildman–Crippen MR) is 203 cm³/mol. The number of nitrogens with zero attached hydrogens (tertiary/aromatic N) is 3. The Hall–Kier alpha value is -6.32. The van der Waals surface area contributed by atoms with Crippen molar-refractivity contribution in [1.82, 2.24) is 0 Å². The van der Waals surface area contributed by atoms with Crippen LogP contribution in [0.15, 0.2) is 200 Å². The first-order valence-electron chi connectivity index (χ1n) is 16.4. The number of hydrogen-bond acceptors (Lipinski definition) is 3. The van der Waals surface area contributed by atoms with E-state index in [1.807, 2.05) is 0 Å². The molecule has 228 valence electrons. The SMILES string of the molecule is C=C1C=CC=C2CC3=C(C=C1)N(c1ccccc1)c1cccc4ccc(c3c14)N2c1ccc(N(c2ccccc2)c2ccccc2)cc1. The molecule has 0 amide bonds. The molecule has 0 radical (unpaired) electrons. The van der Waals surface area contributed by atoms with Gasteiger partial charge in [0.2, 0.25) is 0 Å². The molecule has 2 bridgehead atoms. The number of allylic oxidation sites excluding steroid dienone is 7. The fourth-order valence-electron chi connectivity index (χ4n) is 7.36. The van der Waals surface area contributed by atoms with Crippen LogP contribution in [0, 0.1) is 0 Å². The summed E-state index contributed by atoms with van der Waals surface area (Å²) in [7, 11) is 0. The summed E-state index contributed by atoms with van der Waals surface area (Å²) in [6, 6.07) is 52.1. The second kappa shape index (κ2) is 11.5. The molecule has 0 unspecified atom stereocenters. The average molecular weight is 616 g/mol. The van der Waals surface area contributed by atoms with E-state index < -0.39 is 0 Å². The second-order valence-corrected chi connectivity index (χ2v) is 12.3. The molecule has 1 aliphatic carbocycles. The van der Waals surface area contributed by atoms with Crippen LogP contribution in [0.3, 0.4) is 0 Å². The first-order chi connectivity index (χ1) is 23.7. The summed E-state index contributed by atoms with van der Waals surface area (Å²) in [5.41, 5.74) is 14.0. The molecule has 0 saturated heterocycles. The van der Waals surface area contributed by atoms with Crippen molar-refractivity contribution in [3.8, 4) is 0 Å². The van der Waals surface area contributed by atoms with Crippen molar-refractivity contribution in [2.24, 2.45) is 0 Å². The van der Waals surface area contributed by atoms with Gasteiger partial charge in [-0.3, -0.25) is 0 Å². The molecule has 0 N–H and O–H groups in total. The largest absolute Gasteiger partial charge is 0.313 e. The third-order valence-corrected chi connectivity index (χ3v) is 9.44. The van der Waals surface area contributed by atoms with Gasteiger partial charge in [-0.1, -0.05) is 97.6 Å². The molecule has 0 atom stereocenters. The van der Waals surface area contributed by atoms with Crippen LogP contribution in [0.4, 0.5) is 39.8 Å². The standard InChI is InChI=1S/C45H33N3/c1-32-13-11-21-39-31-40-41(29-23-32)48(36-19-9-4-10-20-36)42-22-12-14-33-24-30-43(45(40)44(33)42)47(39)38-27-25-37(26-28-38)46(34-15-5-2-6-16-34)35-17-7-3-8-18-35/h2-30H,1,31H2. The average Bonchev–Trinajstić information content (AvgIpc) is 3.14. The molecule has 3 heteroatoms. The summed E-state index contributed by atoms with van der Waals surface area (Å²) >= 11 is 0. The van der Waals surface area contributed by atoms with E-state index in [0.29, 0.717) is 0 Å². The van der Waals surface area contributed by atoms with Gasteiger partial charge >= 0.3 is 0 Å². The van der Waals surface area contributed by atoms with Gasteiger partial charge in [0, 0.05) is 51.5 Å². The molecular weight excluding hydrogens is 583 g/mol. The van der Waals surface area contributed by atoms with Crippen molar-refractivity contribution in [2.45, 2.75) is 6.42 Å². The third kappa shape index (κ3) is 4.59. The number of benzene rings is 6. The lowest BCUT2D eigenvalue weighted by molar-refractivity contribution is 1.03. The molecule has 0 aromatic heterocycles. The van der Waals surface area contributed by atoms with Crippen LogP contribution in [0.1, 0.15) is 12.0 Å². The Bertz CT molecular complexity index is 2270. The minimum Gasteiger partial charge on any atom is -0.313 e. The monoisotopic (exact) mass is 615 g/mol.